The lowest BCUT2D eigenvalue weighted by Gasteiger charge is -2.26. The van der Waals surface area contributed by atoms with Gasteiger partial charge in [-0.2, -0.15) is 0 Å². The molecule has 2 aromatic carbocycles. The Labute approximate surface area is 184 Å². The Bertz CT molecular complexity index is 1080. The Hall–Kier alpha value is -3.88. The summed E-state index contributed by atoms with van der Waals surface area (Å²) in [5, 5.41) is 10.6. The second-order valence-electron chi connectivity index (χ2n) is 7.33. The summed E-state index contributed by atoms with van der Waals surface area (Å²) in [5.41, 5.74) is 1.94. The van der Waals surface area contributed by atoms with Crippen LogP contribution >= 0.6 is 0 Å². The fourth-order valence-corrected chi connectivity index (χ4v) is 3.04. The molecule has 0 saturated heterocycles. The van der Waals surface area contributed by atoms with Gasteiger partial charge in [-0.05, 0) is 31.2 Å². The highest BCUT2D eigenvalue weighted by atomic mass is 16.6. The van der Waals surface area contributed by atoms with Gasteiger partial charge in [0.25, 0.3) is 5.91 Å². The van der Waals surface area contributed by atoms with E-state index in [2.05, 4.69) is 15.5 Å². The van der Waals surface area contributed by atoms with Gasteiger partial charge in [-0.1, -0.05) is 29.8 Å². The van der Waals surface area contributed by atoms with Crippen molar-refractivity contribution in [3.05, 3.63) is 60.0 Å². The summed E-state index contributed by atoms with van der Waals surface area (Å²) in [5.74, 6) is 1.09. The first-order chi connectivity index (χ1) is 15.6. The van der Waals surface area contributed by atoms with E-state index < -0.39 is 11.9 Å². The molecule has 0 saturated carbocycles. The number of amides is 1. The second-order valence-corrected chi connectivity index (χ2v) is 7.33. The van der Waals surface area contributed by atoms with Crippen LogP contribution in [0.1, 0.15) is 17.9 Å². The average Bonchev–Trinajstić information content (AvgIpc) is 3.29. The van der Waals surface area contributed by atoms with Gasteiger partial charge in [0, 0.05) is 12.0 Å². The van der Waals surface area contributed by atoms with Crippen molar-refractivity contribution in [3.8, 4) is 23.0 Å². The quantitative estimate of drug-likeness (QED) is 0.535. The number of hydrogen-bond donors (Lipinski definition) is 1. The molecule has 0 bridgehead atoms. The number of carbonyl (C=O) groups is 2. The minimum atomic E-state index is -0.526. The van der Waals surface area contributed by atoms with Crippen molar-refractivity contribution in [1.82, 2.24) is 15.5 Å². The van der Waals surface area contributed by atoms with Crippen molar-refractivity contribution in [2.45, 2.75) is 25.9 Å². The number of para-hydroxylation sites is 2. The number of esters is 1. The van der Waals surface area contributed by atoms with Crippen LogP contribution in [0.3, 0.4) is 0 Å². The highest BCUT2D eigenvalue weighted by molar-refractivity contribution is 5.80. The van der Waals surface area contributed by atoms with Gasteiger partial charge in [0.05, 0.1) is 13.0 Å². The van der Waals surface area contributed by atoms with Crippen LogP contribution in [0, 0.1) is 6.92 Å². The first-order valence-corrected chi connectivity index (χ1v) is 10.3. The lowest BCUT2D eigenvalue weighted by molar-refractivity contribution is -0.148. The lowest BCUT2D eigenvalue weighted by atomic mass is 10.1. The van der Waals surface area contributed by atoms with Crippen LogP contribution in [0.25, 0.3) is 11.5 Å². The third-order valence-corrected chi connectivity index (χ3v) is 4.77. The van der Waals surface area contributed by atoms with E-state index in [9.17, 15) is 9.59 Å². The zero-order chi connectivity index (χ0) is 22.3. The number of carbonyl (C=O) groups excluding carboxylic acids is 2. The van der Waals surface area contributed by atoms with E-state index in [1.165, 1.54) is 0 Å². The zero-order valence-corrected chi connectivity index (χ0v) is 17.6. The Kier molecular flexibility index (Phi) is 6.64. The molecule has 4 rings (SSSR count). The van der Waals surface area contributed by atoms with Gasteiger partial charge in [-0.3, -0.25) is 9.59 Å². The summed E-state index contributed by atoms with van der Waals surface area (Å²) in [4.78, 5) is 23.9. The number of rotatable bonds is 8. The van der Waals surface area contributed by atoms with Crippen LogP contribution in [0.2, 0.25) is 0 Å². The molecule has 2 heterocycles. The minimum absolute atomic E-state index is 0.0270. The highest BCUT2D eigenvalue weighted by Crippen LogP contribution is 2.30. The summed E-state index contributed by atoms with van der Waals surface area (Å²) in [7, 11) is 0. The maximum atomic E-state index is 12.0. The largest absolute Gasteiger partial charge is 0.486 e. The van der Waals surface area contributed by atoms with E-state index in [1.54, 1.807) is 6.07 Å². The number of aryl methyl sites for hydroxylation is 2. The average molecular weight is 437 g/mol. The highest BCUT2D eigenvalue weighted by Gasteiger charge is 2.21. The molecular weight excluding hydrogens is 414 g/mol. The van der Waals surface area contributed by atoms with Crippen LogP contribution in [-0.4, -0.2) is 47.9 Å². The molecule has 0 spiro atoms. The molecule has 1 amide bonds. The number of ether oxygens (including phenoxy) is 3. The zero-order valence-electron chi connectivity index (χ0n) is 17.6. The van der Waals surface area contributed by atoms with E-state index >= 15 is 0 Å². The van der Waals surface area contributed by atoms with Crippen molar-refractivity contribution in [2.75, 3.05) is 19.8 Å². The fourth-order valence-electron chi connectivity index (χ4n) is 3.04. The number of nitrogens with one attached hydrogen (secondary N) is 1. The maximum Gasteiger partial charge on any atom is 0.306 e. The van der Waals surface area contributed by atoms with Crippen LogP contribution < -0.4 is 14.8 Å². The van der Waals surface area contributed by atoms with Gasteiger partial charge in [-0.15, -0.1) is 10.2 Å². The van der Waals surface area contributed by atoms with Gasteiger partial charge in [0.1, 0.15) is 12.7 Å². The molecular formula is C23H23N3O6. The molecule has 0 aliphatic carbocycles. The molecule has 9 heteroatoms. The Morgan fingerprint density at radius 2 is 1.88 bits per heavy atom. The van der Waals surface area contributed by atoms with Crippen molar-refractivity contribution >= 4 is 11.9 Å². The van der Waals surface area contributed by atoms with Crippen molar-refractivity contribution in [3.63, 3.8) is 0 Å². The summed E-state index contributed by atoms with van der Waals surface area (Å²) in [6, 6.07) is 15.0. The molecule has 1 aromatic heterocycles. The van der Waals surface area contributed by atoms with Crippen LogP contribution in [-0.2, 0) is 20.7 Å². The Balaban J connectivity index is 1.15. The first kappa shape index (κ1) is 21.4. The number of hydrogen-bond acceptors (Lipinski definition) is 8. The molecule has 1 unspecified atom stereocenters. The van der Waals surface area contributed by atoms with Gasteiger partial charge in [0.2, 0.25) is 11.8 Å². The van der Waals surface area contributed by atoms with Crippen molar-refractivity contribution < 1.29 is 28.2 Å². The Morgan fingerprint density at radius 1 is 1.09 bits per heavy atom. The molecule has 0 radical (unpaired) electrons. The number of aromatic nitrogens is 2. The molecule has 3 aromatic rings. The normalized spacial score (nSPS) is 14.6. The summed E-state index contributed by atoms with van der Waals surface area (Å²) >= 11 is 0. The van der Waals surface area contributed by atoms with E-state index in [0.717, 1.165) is 11.1 Å². The standard InChI is InChI=1S/C23H23N3O6/c1-15-6-8-16(9-7-15)23-26-25-21(32-23)10-11-22(28)30-14-20(27)24-12-17-13-29-18-4-2-3-5-19(18)31-17/h2-9,17H,10-14H2,1H3,(H,24,27). The number of fused-ring (bicyclic) bond motifs is 1. The molecule has 1 atom stereocenters. The third-order valence-electron chi connectivity index (χ3n) is 4.77. The van der Waals surface area contributed by atoms with Crippen LogP contribution in [0.15, 0.2) is 52.9 Å². The molecule has 166 valence electrons. The molecule has 9 nitrogen and oxygen atoms in total. The van der Waals surface area contributed by atoms with Gasteiger partial charge < -0.3 is 23.9 Å². The van der Waals surface area contributed by atoms with Gasteiger partial charge in [-0.25, -0.2) is 0 Å². The Morgan fingerprint density at radius 3 is 2.69 bits per heavy atom. The van der Waals surface area contributed by atoms with Gasteiger partial charge >= 0.3 is 5.97 Å². The van der Waals surface area contributed by atoms with Crippen molar-refractivity contribution in [1.29, 1.82) is 0 Å². The molecule has 1 aliphatic rings. The van der Waals surface area contributed by atoms with E-state index in [4.69, 9.17) is 18.6 Å². The van der Waals surface area contributed by atoms with Crippen LogP contribution in [0.4, 0.5) is 0 Å². The monoisotopic (exact) mass is 437 g/mol. The minimum Gasteiger partial charge on any atom is -0.486 e. The van der Waals surface area contributed by atoms with E-state index in [-0.39, 0.29) is 32.1 Å². The molecule has 1 aliphatic heterocycles. The smallest absolute Gasteiger partial charge is 0.306 e. The van der Waals surface area contributed by atoms with Gasteiger partial charge in [0.15, 0.2) is 18.1 Å². The van der Waals surface area contributed by atoms with Crippen LogP contribution in [0.5, 0.6) is 11.5 Å². The molecule has 0 fully saturated rings. The molecule has 32 heavy (non-hydrogen) atoms. The topological polar surface area (TPSA) is 113 Å². The summed E-state index contributed by atoms with van der Waals surface area (Å²) in [6.45, 7) is 2.19. The SMILES string of the molecule is Cc1ccc(-c2nnc(CCC(=O)OCC(=O)NCC3COc4ccccc4O3)o2)cc1. The summed E-state index contributed by atoms with van der Waals surface area (Å²) < 4.78 is 22.0. The number of nitrogens with zero attached hydrogens (tertiary/aromatic N) is 2. The maximum absolute atomic E-state index is 12.0. The predicted molar refractivity (Wildman–Crippen MR) is 113 cm³/mol. The number of benzene rings is 2. The molecule has 1 N–H and O–H groups in total. The lowest BCUT2D eigenvalue weighted by Crippen LogP contribution is -2.42. The first-order valence-electron chi connectivity index (χ1n) is 10.3. The summed E-state index contributed by atoms with van der Waals surface area (Å²) in [6.07, 6.45) is -0.0599. The third kappa shape index (κ3) is 5.63. The van der Waals surface area contributed by atoms with E-state index in [0.29, 0.717) is 29.9 Å². The predicted octanol–water partition coefficient (Wildman–Crippen LogP) is 2.48. The fraction of sp³-hybridized carbons (Fsp3) is 0.304. The van der Waals surface area contributed by atoms with Crippen molar-refractivity contribution in [2.24, 2.45) is 0 Å². The van der Waals surface area contributed by atoms with E-state index in [1.807, 2.05) is 49.4 Å². The second kappa shape index (κ2) is 9.95.